The lowest BCUT2D eigenvalue weighted by molar-refractivity contribution is -0.117. The Kier molecular flexibility index (Phi) is 2.77. The molecule has 0 spiro atoms. The van der Waals surface area contributed by atoms with Gasteiger partial charge in [-0.15, -0.1) is 0 Å². The lowest BCUT2D eigenvalue weighted by Crippen LogP contribution is -2.48. The minimum Gasteiger partial charge on any atom is -0.479 e. The summed E-state index contributed by atoms with van der Waals surface area (Å²) in [6.45, 7) is 0.866. The van der Waals surface area contributed by atoms with Gasteiger partial charge in [0.1, 0.15) is 18.1 Å². The zero-order valence-electron chi connectivity index (χ0n) is 10.3. The molecule has 2 aliphatic rings. The second-order valence-corrected chi connectivity index (χ2v) is 4.63. The second-order valence-electron chi connectivity index (χ2n) is 4.63. The van der Waals surface area contributed by atoms with E-state index in [1.54, 1.807) is 7.11 Å². The molecule has 1 fully saturated rings. The minimum atomic E-state index is -0.0976. The molecule has 1 amide bonds. The van der Waals surface area contributed by atoms with E-state index >= 15 is 0 Å². The van der Waals surface area contributed by atoms with Gasteiger partial charge < -0.3 is 15.0 Å². The molecule has 0 radical (unpaired) electrons. The Balaban J connectivity index is 2.06. The van der Waals surface area contributed by atoms with E-state index in [1.165, 1.54) is 6.33 Å². The first-order valence-corrected chi connectivity index (χ1v) is 6.28. The number of hydrogen-bond acceptors (Lipinski definition) is 5. The van der Waals surface area contributed by atoms with Crippen LogP contribution < -0.4 is 15.0 Å². The van der Waals surface area contributed by atoms with Crippen LogP contribution >= 0.6 is 0 Å². The van der Waals surface area contributed by atoms with Crippen LogP contribution in [0.1, 0.15) is 25.7 Å². The number of aromatic nitrogens is 2. The Bertz CT molecular complexity index is 477. The number of fused-ring (bicyclic) bond motifs is 3. The molecule has 3 rings (SSSR count). The van der Waals surface area contributed by atoms with Gasteiger partial charge in [-0.05, 0) is 12.8 Å². The van der Waals surface area contributed by atoms with Crippen molar-refractivity contribution in [2.45, 2.75) is 31.7 Å². The van der Waals surface area contributed by atoms with Crippen LogP contribution in [0.4, 0.5) is 11.5 Å². The standard InChI is InChI=1S/C12H16N4O2/c1-18-12-9-10(13-7-14-12)16-6-4-2-3-5-8(16)11(17)15-9/h7-8H,2-6H2,1H3,(H,15,17). The first-order valence-electron chi connectivity index (χ1n) is 6.28. The topological polar surface area (TPSA) is 67.4 Å². The van der Waals surface area contributed by atoms with E-state index in [-0.39, 0.29) is 11.9 Å². The Hall–Kier alpha value is -1.85. The van der Waals surface area contributed by atoms with Gasteiger partial charge in [-0.3, -0.25) is 4.79 Å². The largest absolute Gasteiger partial charge is 0.479 e. The van der Waals surface area contributed by atoms with Crippen LogP contribution in [0.5, 0.6) is 5.88 Å². The molecule has 0 saturated carbocycles. The molecule has 0 aliphatic carbocycles. The SMILES string of the molecule is COc1ncnc2c1NC(=O)C1CCCCCN21. The van der Waals surface area contributed by atoms with Gasteiger partial charge in [-0.1, -0.05) is 12.8 Å². The van der Waals surface area contributed by atoms with E-state index in [2.05, 4.69) is 20.2 Å². The maximum Gasteiger partial charge on any atom is 0.247 e. The Labute approximate surface area is 105 Å². The molecule has 6 heteroatoms. The molecule has 0 bridgehead atoms. The van der Waals surface area contributed by atoms with E-state index in [0.29, 0.717) is 11.6 Å². The van der Waals surface area contributed by atoms with Crippen molar-refractivity contribution in [3.05, 3.63) is 6.33 Å². The summed E-state index contributed by atoms with van der Waals surface area (Å²) >= 11 is 0. The summed E-state index contributed by atoms with van der Waals surface area (Å²) in [5.41, 5.74) is 0.600. The van der Waals surface area contributed by atoms with Gasteiger partial charge in [0, 0.05) is 6.54 Å². The third kappa shape index (κ3) is 1.68. The molecule has 1 aromatic heterocycles. The maximum atomic E-state index is 12.1. The van der Waals surface area contributed by atoms with Crippen molar-refractivity contribution in [3.8, 4) is 5.88 Å². The molecule has 96 valence electrons. The zero-order valence-corrected chi connectivity index (χ0v) is 10.3. The van der Waals surface area contributed by atoms with Gasteiger partial charge in [0.15, 0.2) is 5.82 Å². The number of hydrogen-bond donors (Lipinski definition) is 1. The van der Waals surface area contributed by atoms with Crippen LogP contribution in [-0.4, -0.2) is 35.6 Å². The van der Waals surface area contributed by atoms with Crippen LogP contribution in [0.15, 0.2) is 6.33 Å². The highest BCUT2D eigenvalue weighted by molar-refractivity contribution is 6.04. The monoisotopic (exact) mass is 248 g/mol. The minimum absolute atomic E-state index is 0.0255. The number of methoxy groups -OCH3 is 1. The molecule has 3 heterocycles. The van der Waals surface area contributed by atoms with Gasteiger partial charge in [0.05, 0.1) is 7.11 Å². The first kappa shape index (κ1) is 11.3. The summed E-state index contributed by atoms with van der Waals surface area (Å²) in [7, 11) is 1.54. The highest BCUT2D eigenvalue weighted by Crippen LogP contribution is 2.37. The lowest BCUT2D eigenvalue weighted by atomic mass is 10.1. The van der Waals surface area contributed by atoms with Crippen molar-refractivity contribution >= 4 is 17.4 Å². The zero-order chi connectivity index (χ0) is 12.5. The summed E-state index contributed by atoms with van der Waals surface area (Å²) in [5, 5.41) is 2.88. The van der Waals surface area contributed by atoms with Crippen molar-refractivity contribution < 1.29 is 9.53 Å². The summed E-state index contributed by atoms with van der Waals surface area (Å²) in [6, 6.07) is -0.0976. The van der Waals surface area contributed by atoms with Gasteiger partial charge in [0.25, 0.3) is 0 Å². The van der Waals surface area contributed by atoms with Crippen LogP contribution in [0.3, 0.4) is 0 Å². The fourth-order valence-corrected chi connectivity index (χ4v) is 2.68. The van der Waals surface area contributed by atoms with E-state index < -0.39 is 0 Å². The second kappa shape index (κ2) is 4.44. The van der Waals surface area contributed by atoms with Gasteiger partial charge in [-0.2, -0.15) is 4.98 Å². The molecule has 1 saturated heterocycles. The molecule has 1 atom stereocenters. The Morgan fingerprint density at radius 3 is 3.11 bits per heavy atom. The van der Waals surface area contributed by atoms with Crippen LogP contribution in [0.25, 0.3) is 0 Å². The Morgan fingerprint density at radius 1 is 1.39 bits per heavy atom. The highest BCUT2D eigenvalue weighted by Gasteiger charge is 2.36. The van der Waals surface area contributed by atoms with Gasteiger partial charge >= 0.3 is 0 Å². The van der Waals surface area contributed by atoms with E-state index in [1.807, 2.05) is 0 Å². The predicted molar refractivity (Wildman–Crippen MR) is 66.8 cm³/mol. The predicted octanol–water partition coefficient (Wildman–Crippen LogP) is 1.19. The smallest absolute Gasteiger partial charge is 0.247 e. The van der Waals surface area contributed by atoms with Crippen LogP contribution in [0, 0.1) is 0 Å². The van der Waals surface area contributed by atoms with E-state index in [0.717, 1.165) is 38.0 Å². The first-order chi connectivity index (χ1) is 8.81. The molecular weight excluding hydrogens is 232 g/mol. The molecular formula is C12H16N4O2. The van der Waals surface area contributed by atoms with Gasteiger partial charge in [-0.25, -0.2) is 4.98 Å². The normalized spacial score (nSPS) is 22.6. The highest BCUT2D eigenvalue weighted by atomic mass is 16.5. The number of ether oxygens (including phenoxy) is 1. The van der Waals surface area contributed by atoms with Crippen molar-refractivity contribution in [2.24, 2.45) is 0 Å². The average molecular weight is 248 g/mol. The lowest BCUT2D eigenvalue weighted by Gasteiger charge is -2.35. The Morgan fingerprint density at radius 2 is 2.28 bits per heavy atom. The van der Waals surface area contributed by atoms with Crippen LogP contribution in [0.2, 0.25) is 0 Å². The fraction of sp³-hybridized carbons (Fsp3) is 0.583. The third-order valence-corrected chi connectivity index (χ3v) is 3.56. The van der Waals surface area contributed by atoms with E-state index in [4.69, 9.17) is 4.74 Å². The molecule has 1 aromatic rings. The average Bonchev–Trinajstić information content (AvgIpc) is 2.64. The number of amides is 1. The maximum absolute atomic E-state index is 12.1. The summed E-state index contributed by atoms with van der Waals surface area (Å²) < 4.78 is 5.18. The number of nitrogens with zero attached hydrogens (tertiary/aromatic N) is 3. The van der Waals surface area contributed by atoms with Gasteiger partial charge in [0.2, 0.25) is 11.8 Å². The number of anilines is 2. The van der Waals surface area contributed by atoms with Crippen molar-refractivity contribution in [1.29, 1.82) is 0 Å². The molecule has 6 nitrogen and oxygen atoms in total. The molecule has 1 N–H and O–H groups in total. The molecule has 1 unspecified atom stereocenters. The number of carbonyl (C=O) groups excluding carboxylic acids is 1. The summed E-state index contributed by atoms with van der Waals surface area (Å²) in [5.74, 6) is 1.24. The summed E-state index contributed by atoms with van der Waals surface area (Å²) in [4.78, 5) is 22.6. The molecule has 0 aromatic carbocycles. The quantitative estimate of drug-likeness (QED) is 0.808. The summed E-state index contributed by atoms with van der Waals surface area (Å²) in [6.07, 6.45) is 5.72. The molecule has 18 heavy (non-hydrogen) atoms. The number of nitrogens with one attached hydrogen (secondary N) is 1. The van der Waals surface area contributed by atoms with E-state index in [9.17, 15) is 4.79 Å². The van der Waals surface area contributed by atoms with Crippen molar-refractivity contribution in [1.82, 2.24) is 9.97 Å². The number of carbonyl (C=O) groups is 1. The fourth-order valence-electron chi connectivity index (χ4n) is 2.68. The molecule has 2 aliphatic heterocycles. The number of rotatable bonds is 1. The third-order valence-electron chi connectivity index (χ3n) is 3.56. The van der Waals surface area contributed by atoms with Crippen LogP contribution in [-0.2, 0) is 4.79 Å². The van der Waals surface area contributed by atoms with Crippen molar-refractivity contribution in [3.63, 3.8) is 0 Å². The van der Waals surface area contributed by atoms with Crippen molar-refractivity contribution in [2.75, 3.05) is 23.9 Å².